The van der Waals surface area contributed by atoms with Crippen LogP contribution in [0.25, 0.3) is 0 Å². The number of carboxylic acid groups (broad SMARTS) is 1. The monoisotopic (exact) mass is 598 g/mol. The normalized spacial score (nSPS) is 18.7. The average Bonchev–Trinajstić information content (AvgIpc) is 3.54. The summed E-state index contributed by atoms with van der Waals surface area (Å²) in [7, 11) is 2.47. The molecule has 0 aromatic heterocycles. The van der Waals surface area contributed by atoms with Gasteiger partial charge in [0.15, 0.2) is 0 Å². The summed E-state index contributed by atoms with van der Waals surface area (Å²) in [5, 5.41) is 28.5. The van der Waals surface area contributed by atoms with E-state index in [1.54, 1.807) is 66.7 Å². The molecule has 3 atom stereocenters. The van der Waals surface area contributed by atoms with E-state index in [0.29, 0.717) is 16.9 Å². The van der Waals surface area contributed by atoms with Gasteiger partial charge in [0.2, 0.25) is 5.88 Å². The standard InChI is InChI=1S/C32H30N4O8/c1-43-25(37)17-23-28(30(39)35(33-23)21-9-5-3-6-10-21)27(19-13-15-20(16-14-19)32(41)42)29-24(18-26(38)44-2)34-36(31(29)40)22-11-7-4-8-12-22/h3-16,23,27,29,33,39H,17-18H2,1-2H3,(H,41,42)/t23-,27+,29-/m0/s1. The van der Waals surface area contributed by atoms with Gasteiger partial charge in [0, 0.05) is 11.5 Å². The molecule has 2 aliphatic heterocycles. The lowest BCUT2D eigenvalue weighted by Gasteiger charge is -2.28. The van der Waals surface area contributed by atoms with Gasteiger partial charge < -0.3 is 19.7 Å². The lowest BCUT2D eigenvalue weighted by molar-refractivity contribution is -0.141. The Labute approximate surface area is 252 Å². The van der Waals surface area contributed by atoms with Crippen LogP contribution in [0, 0.1) is 5.92 Å². The molecule has 0 fully saturated rings. The number of amides is 1. The summed E-state index contributed by atoms with van der Waals surface area (Å²) in [6.07, 6.45) is -0.540. The molecule has 3 aromatic rings. The van der Waals surface area contributed by atoms with E-state index in [1.165, 1.54) is 36.4 Å². The predicted octanol–water partition coefficient (Wildman–Crippen LogP) is 3.78. The molecule has 0 saturated carbocycles. The number of aromatic carboxylic acids is 1. The molecule has 0 unspecified atom stereocenters. The SMILES string of the molecule is COC(=O)CC1=NN(c2ccccc2)C(=O)[C@@H]1[C@@H](C1=C(O)N(c2ccccc2)N[C@H]1CC(=O)OC)c1ccc(C(=O)O)cc1. The molecular formula is C32H30N4O8. The van der Waals surface area contributed by atoms with Crippen molar-refractivity contribution in [3.8, 4) is 0 Å². The Morgan fingerprint density at radius 3 is 2.05 bits per heavy atom. The summed E-state index contributed by atoms with van der Waals surface area (Å²) in [5.74, 6) is -5.24. The second kappa shape index (κ2) is 12.8. The van der Waals surface area contributed by atoms with Crippen molar-refractivity contribution in [3.05, 3.63) is 108 Å². The van der Waals surface area contributed by atoms with Gasteiger partial charge in [-0.25, -0.2) is 20.2 Å². The van der Waals surface area contributed by atoms with Crippen LogP contribution in [-0.4, -0.2) is 60.0 Å². The smallest absolute Gasteiger partial charge is 0.335 e. The van der Waals surface area contributed by atoms with Crippen LogP contribution in [0.1, 0.15) is 34.7 Å². The highest BCUT2D eigenvalue weighted by atomic mass is 16.5. The van der Waals surface area contributed by atoms with E-state index in [-0.39, 0.29) is 35.6 Å². The van der Waals surface area contributed by atoms with Crippen LogP contribution in [0.3, 0.4) is 0 Å². The molecule has 0 spiro atoms. The Bertz CT molecular complexity index is 1620. The molecule has 0 saturated heterocycles. The lowest BCUT2D eigenvalue weighted by atomic mass is 9.74. The van der Waals surface area contributed by atoms with Crippen LogP contribution in [0.15, 0.2) is 101 Å². The number of anilines is 2. The Kier molecular flexibility index (Phi) is 8.72. The van der Waals surface area contributed by atoms with Crippen molar-refractivity contribution in [3.63, 3.8) is 0 Å². The molecule has 1 amide bonds. The van der Waals surface area contributed by atoms with Gasteiger partial charge in [0.1, 0.15) is 0 Å². The first-order chi connectivity index (χ1) is 21.2. The second-order valence-corrected chi connectivity index (χ2v) is 10.1. The Morgan fingerprint density at radius 1 is 0.886 bits per heavy atom. The van der Waals surface area contributed by atoms with Crippen molar-refractivity contribution in [2.24, 2.45) is 11.0 Å². The number of ether oxygens (including phenoxy) is 2. The summed E-state index contributed by atoms with van der Waals surface area (Å²) in [6, 6.07) is 22.5. The van der Waals surface area contributed by atoms with Crippen molar-refractivity contribution in [1.82, 2.24) is 5.43 Å². The molecule has 12 nitrogen and oxygen atoms in total. The maximum absolute atomic E-state index is 14.3. The number of methoxy groups -OCH3 is 2. The van der Waals surface area contributed by atoms with Crippen molar-refractivity contribution >= 4 is 40.9 Å². The fourth-order valence-electron chi connectivity index (χ4n) is 5.46. The lowest BCUT2D eigenvalue weighted by Crippen LogP contribution is -2.41. The highest BCUT2D eigenvalue weighted by Crippen LogP contribution is 2.44. The molecule has 0 radical (unpaired) electrons. The number of aliphatic hydroxyl groups is 1. The number of esters is 2. The number of carboxylic acids is 1. The number of para-hydroxylation sites is 2. The first kappa shape index (κ1) is 30.0. The van der Waals surface area contributed by atoms with Crippen molar-refractivity contribution in [1.29, 1.82) is 0 Å². The van der Waals surface area contributed by atoms with Crippen LogP contribution in [0.2, 0.25) is 0 Å². The number of nitrogens with one attached hydrogen (secondary N) is 1. The Balaban J connectivity index is 1.71. The van der Waals surface area contributed by atoms with Crippen LogP contribution >= 0.6 is 0 Å². The molecule has 5 rings (SSSR count). The molecule has 2 heterocycles. The van der Waals surface area contributed by atoms with E-state index >= 15 is 0 Å². The minimum Gasteiger partial charge on any atom is -0.494 e. The van der Waals surface area contributed by atoms with Gasteiger partial charge in [-0.15, -0.1) is 0 Å². The first-order valence-electron chi connectivity index (χ1n) is 13.7. The summed E-state index contributed by atoms with van der Waals surface area (Å²) >= 11 is 0. The topological polar surface area (TPSA) is 158 Å². The fraction of sp³-hybridized carbons (Fsp3) is 0.219. The highest BCUT2D eigenvalue weighted by molar-refractivity contribution is 6.20. The van der Waals surface area contributed by atoms with Crippen LogP contribution < -0.4 is 15.4 Å². The number of rotatable bonds is 10. The van der Waals surface area contributed by atoms with Gasteiger partial charge in [0.25, 0.3) is 5.91 Å². The van der Waals surface area contributed by atoms with Crippen LogP contribution in [-0.2, 0) is 23.9 Å². The minimum absolute atomic E-state index is 0.0133. The highest BCUT2D eigenvalue weighted by Gasteiger charge is 2.49. The summed E-state index contributed by atoms with van der Waals surface area (Å²) in [4.78, 5) is 51.1. The average molecular weight is 599 g/mol. The van der Waals surface area contributed by atoms with E-state index in [0.717, 1.165) is 0 Å². The van der Waals surface area contributed by atoms with E-state index in [4.69, 9.17) is 9.47 Å². The number of hydrogen-bond acceptors (Lipinski definition) is 10. The van der Waals surface area contributed by atoms with E-state index < -0.39 is 41.7 Å². The van der Waals surface area contributed by atoms with E-state index in [2.05, 4.69) is 10.5 Å². The number of carbonyl (C=O) groups is 4. The van der Waals surface area contributed by atoms with Crippen molar-refractivity contribution < 1.29 is 38.9 Å². The van der Waals surface area contributed by atoms with Crippen LogP contribution in [0.4, 0.5) is 11.4 Å². The van der Waals surface area contributed by atoms with E-state index in [9.17, 15) is 29.4 Å². The maximum Gasteiger partial charge on any atom is 0.335 e. The molecule has 226 valence electrons. The molecule has 0 bridgehead atoms. The molecule has 0 aliphatic carbocycles. The quantitative estimate of drug-likeness (QED) is 0.293. The molecular weight excluding hydrogens is 568 g/mol. The maximum atomic E-state index is 14.3. The second-order valence-electron chi connectivity index (χ2n) is 10.1. The Hall–Kier alpha value is -5.49. The third-order valence-electron chi connectivity index (χ3n) is 7.54. The van der Waals surface area contributed by atoms with Crippen molar-refractivity contribution in [2.45, 2.75) is 24.8 Å². The summed E-state index contributed by atoms with van der Waals surface area (Å²) < 4.78 is 9.86. The predicted molar refractivity (Wildman–Crippen MR) is 160 cm³/mol. The number of nitrogens with zero attached hydrogens (tertiary/aromatic N) is 3. The largest absolute Gasteiger partial charge is 0.494 e. The van der Waals surface area contributed by atoms with Crippen LogP contribution in [0.5, 0.6) is 0 Å². The van der Waals surface area contributed by atoms with Gasteiger partial charge >= 0.3 is 17.9 Å². The third kappa shape index (κ3) is 5.88. The minimum atomic E-state index is -1.14. The van der Waals surface area contributed by atoms with Gasteiger partial charge in [-0.05, 0) is 42.0 Å². The van der Waals surface area contributed by atoms with Gasteiger partial charge in [-0.1, -0.05) is 48.5 Å². The number of carbonyl (C=O) groups excluding carboxylic acids is 3. The first-order valence-corrected chi connectivity index (χ1v) is 13.7. The molecule has 3 aromatic carbocycles. The van der Waals surface area contributed by atoms with Gasteiger partial charge in [-0.3, -0.25) is 14.4 Å². The van der Waals surface area contributed by atoms with E-state index in [1.807, 2.05) is 6.07 Å². The van der Waals surface area contributed by atoms with Gasteiger partial charge in [0.05, 0.1) is 61.7 Å². The summed E-state index contributed by atoms with van der Waals surface area (Å²) in [6.45, 7) is 0. The number of hydrogen-bond donors (Lipinski definition) is 3. The molecule has 44 heavy (non-hydrogen) atoms. The number of benzene rings is 3. The van der Waals surface area contributed by atoms with Gasteiger partial charge in [-0.2, -0.15) is 5.10 Å². The molecule has 12 heteroatoms. The number of aliphatic hydroxyl groups excluding tert-OH is 1. The number of hydrazone groups is 1. The zero-order chi connectivity index (χ0) is 31.4. The fourth-order valence-corrected chi connectivity index (χ4v) is 5.46. The molecule has 2 aliphatic rings. The zero-order valence-corrected chi connectivity index (χ0v) is 23.9. The van der Waals surface area contributed by atoms with Crippen molar-refractivity contribution in [2.75, 3.05) is 24.2 Å². The zero-order valence-electron chi connectivity index (χ0n) is 23.9. The summed E-state index contributed by atoms with van der Waals surface area (Å²) in [5.41, 5.74) is 5.07. The third-order valence-corrected chi connectivity index (χ3v) is 7.54. The molecule has 3 N–H and O–H groups in total. The number of hydrazine groups is 1. The Morgan fingerprint density at radius 2 is 1.48 bits per heavy atom.